The molecule has 18 heavy (non-hydrogen) atoms. The maximum Gasteiger partial charge on any atom is 0.0414 e. The predicted octanol–water partition coefficient (Wildman–Crippen LogP) is 2.48. The summed E-state index contributed by atoms with van der Waals surface area (Å²) in [6.07, 6.45) is 1.15. The third-order valence-corrected chi connectivity index (χ3v) is 3.08. The number of nitrogens with zero attached hydrogens (tertiary/aromatic N) is 2. The Balaban J connectivity index is 2.90. The zero-order valence-corrected chi connectivity index (χ0v) is 12.2. The van der Waals surface area contributed by atoms with Gasteiger partial charge in [-0.1, -0.05) is 25.1 Å². The van der Waals surface area contributed by atoms with Crippen molar-refractivity contribution < 1.29 is 0 Å². The fourth-order valence-corrected chi connectivity index (χ4v) is 2.10. The van der Waals surface area contributed by atoms with Gasteiger partial charge in [-0.2, -0.15) is 0 Å². The van der Waals surface area contributed by atoms with E-state index in [9.17, 15) is 0 Å². The van der Waals surface area contributed by atoms with Crippen LogP contribution in [-0.2, 0) is 0 Å². The second-order valence-electron chi connectivity index (χ2n) is 5.14. The molecule has 0 unspecified atom stereocenters. The van der Waals surface area contributed by atoms with E-state index >= 15 is 0 Å². The van der Waals surface area contributed by atoms with Crippen molar-refractivity contribution in [1.82, 2.24) is 4.90 Å². The van der Waals surface area contributed by atoms with Crippen molar-refractivity contribution in [1.29, 1.82) is 0 Å². The monoisotopic (exact) mass is 249 g/mol. The first kappa shape index (κ1) is 15.0. The maximum absolute atomic E-state index is 6.07. The van der Waals surface area contributed by atoms with Crippen molar-refractivity contribution >= 4 is 5.69 Å². The predicted molar refractivity (Wildman–Crippen MR) is 80.1 cm³/mol. The second-order valence-corrected chi connectivity index (χ2v) is 5.14. The average molecular weight is 249 g/mol. The minimum atomic E-state index is 0.0833. The summed E-state index contributed by atoms with van der Waals surface area (Å²) in [4.78, 5) is 4.66. The normalized spacial score (nSPS) is 12.8. The molecule has 1 aromatic rings. The Kier molecular flexibility index (Phi) is 6.16. The molecule has 3 nitrogen and oxygen atoms in total. The van der Waals surface area contributed by atoms with E-state index in [2.05, 4.69) is 62.0 Å². The van der Waals surface area contributed by atoms with Gasteiger partial charge in [0.1, 0.15) is 0 Å². The minimum Gasteiger partial charge on any atom is -0.370 e. The smallest absolute Gasteiger partial charge is 0.0414 e. The van der Waals surface area contributed by atoms with Crippen molar-refractivity contribution in [2.75, 3.05) is 38.6 Å². The number of nitrogens with two attached hydrogens (primary N) is 1. The van der Waals surface area contributed by atoms with Gasteiger partial charge in [-0.25, -0.2) is 0 Å². The highest BCUT2D eigenvalue weighted by molar-refractivity contribution is 5.54. The molecule has 0 spiro atoms. The fraction of sp³-hybridized carbons (Fsp3) is 0.600. The minimum absolute atomic E-state index is 0.0833. The summed E-state index contributed by atoms with van der Waals surface area (Å²) < 4.78 is 0. The van der Waals surface area contributed by atoms with Gasteiger partial charge in [-0.3, -0.25) is 0 Å². The molecule has 0 radical (unpaired) electrons. The van der Waals surface area contributed by atoms with Crippen LogP contribution in [0.2, 0.25) is 0 Å². The van der Waals surface area contributed by atoms with Gasteiger partial charge < -0.3 is 15.5 Å². The van der Waals surface area contributed by atoms with Crippen molar-refractivity contribution in [2.45, 2.75) is 26.3 Å². The van der Waals surface area contributed by atoms with Crippen LogP contribution in [0.4, 0.5) is 5.69 Å². The molecule has 0 aromatic heterocycles. The highest BCUT2D eigenvalue weighted by Crippen LogP contribution is 2.25. The molecule has 0 saturated heterocycles. The number of hydrogen-bond acceptors (Lipinski definition) is 3. The molecular formula is C15H27N3. The molecule has 0 amide bonds. The Morgan fingerprint density at radius 2 is 1.78 bits per heavy atom. The van der Waals surface area contributed by atoms with E-state index in [0.717, 1.165) is 26.1 Å². The van der Waals surface area contributed by atoms with Crippen molar-refractivity contribution in [3.63, 3.8) is 0 Å². The lowest BCUT2D eigenvalue weighted by atomic mass is 10.1. The van der Waals surface area contributed by atoms with E-state index in [-0.39, 0.29) is 6.04 Å². The van der Waals surface area contributed by atoms with Crippen LogP contribution in [0.5, 0.6) is 0 Å². The lowest BCUT2D eigenvalue weighted by molar-refractivity contribution is 0.412. The lowest BCUT2D eigenvalue weighted by Gasteiger charge is -2.29. The SMILES string of the molecule is CCCN(CCN(C)C)c1ccccc1[C@H](C)N. The van der Waals surface area contributed by atoms with E-state index in [1.807, 2.05) is 0 Å². The highest BCUT2D eigenvalue weighted by Gasteiger charge is 2.12. The van der Waals surface area contributed by atoms with Crippen LogP contribution >= 0.6 is 0 Å². The summed E-state index contributed by atoms with van der Waals surface area (Å²) in [6, 6.07) is 8.57. The maximum atomic E-state index is 6.07. The first-order chi connectivity index (χ1) is 8.56. The first-order valence-corrected chi connectivity index (χ1v) is 6.80. The molecule has 1 rings (SSSR count). The van der Waals surface area contributed by atoms with E-state index < -0.39 is 0 Å². The largest absolute Gasteiger partial charge is 0.370 e. The molecule has 0 aliphatic rings. The van der Waals surface area contributed by atoms with Gasteiger partial charge in [0.25, 0.3) is 0 Å². The zero-order valence-electron chi connectivity index (χ0n) is 12.2. The zero-order chi connectivity index (χ0) is 13.5. The van der Waals surface area contributed by atoms with Crippen molar-refractivity contribution in [2.24, 2.45) is 5.73 Å². The fourth-order valence-electron chi connectivity index (χ4n) is 2.10. The van der Waals surface area contributed by atoms with Crippen LogP contribution < -0.4 is 10.6 Å². The Morgan fingerprint density at radius 1 is 1.11 bits per heavy atom. The van der Waals surface area contributed by atoms with Crippen molar-refractivity contribution in [3.05, 3.63) is 29.8 Å². The third kappa shape index (κ3) is 4.31. The number of para-hydroxylation sites is 1. The summed E-state index contributed by atoms with van der Waals surface area (Å²) >= 11 is 0. The third-order valence-electron chi connectivity index (χ3n) is 3.08. The molecule has 0 aliphatic heterocycles. The quantitative estimate of drug-likeness (QED) is 0.806. The highest BCUT2D eigenvalue weighted by atomic mass is 15.2. The molecule has 1 aromatic carbocycles. The number of rotatable bonds is 7. The van der Waals surface area contributed by atoms with Crippen LogP contribution in [0, 0.1) is 0 Å². The second kappa shape index (κ2) is 7.39. The topological polar surface area (TPSA) is 32.5 Å². The van der Waals surface area contributed by atoms with E-state index in [0.29, 0.717) is 0 Å². The molecule has 2 N–H and O–H groups in total. The Morgan fingerprint density at radius 3 is 2.33 bits per heavy atom. The van der Waals surface area contributed by atoms with Crippen LogP contribution in [-0.4, -0.2) is 38.6 Å². The number of benzene rings is 1. The van der Waals surface area contributed by atoms with Gasteiger partial charge in [0.2, 0.25) is 0 Å². The standard InChI is InChI=1S/C15H27N3/c1-5-10-18(12-11-17(3)4)15-9-7-6-8-14(15)13(2)16/h6-9,13H,5,10-12,16H2,1-4H3/t13-/m0/s1. The Bertz CT molecular complexity index is 347. The lowest BCUT2D eigenvalue weighted by Crippen LogP contribution is -2.33. The van der Waals surface area contributed by atoms with Gasteiger partial charge in [0.05, 0.1) is 0 Å². The van der Waals surface area contributed by atoms with E-state index in [1.54, 1.807) is 0 Å². The van der Waals surface area contributed by atoms with Crippen LogP contribution in [0.15, 0.2) is 24.3 Å². The molecule has 0 aliphatic carbocycles. The first-order valence-electron chi connectivity index (χ1n) is 6.80. The van der Waals surface area contributed by atoms with Gasteiger partial charge in [0, 0.05) is 31.4 Å². The number of likely N-dealkylation sites (N-methyl/N-ethyl adjacent to an activating group) is 1. The molecule has 3 heteroatoms. The van der Waals surface area contributed by atoms with Gasteiger partial charge in [-0.05, 0) is 39.1 Å². The molecule has 0 heterocycles. The number of anilines is 1. The van der Waals surface area contributed by atoms with Crippen LogP contribution in [0.25, 0.3) is 0 Å². The average Bonchev–Trinajstić information content (AvgIpc) is 2.34. The van der Waals surface area contributed by atoms with Crippen LogP contribution in [0.1, 0.15) is 31.9 Å². The number of hydrogen-bond donors (Lipinski definition) is 1. The van der Waals surface area contributed by atoms with Gasteiger partial charge in [0.15, 0.2) is 0 Å². The molecule has 1 atom stereocenters. The molecule has 0 fully saturated rings. The summed E-state index contributed by atoms with van der Waals surface area (Å²) in [6.45, 7) is 7.46. The molecule has 0 bridgehead atoms. The molecular weight excluding hydrogens is 222 g/mol. The molecule has 102 valence electrons. The summed E-state index contributed by atoms with van der Waals surface area (Å²) in [5.74, 6) is 0. The van der Waals surface area contributed by atoms with Gasteiger partial charge in [-0.15, -0.1) is 0 Å². The summed E-state index contributed by atoms with van der Waals surface area (Å²) in [5.41, 5.74) is 8.60. The Hall–Kier alpha value is -1.06. The summed E-state index contributed by atoms with van der Waals surface area (Å²) in [5, 5.41) is 0. The van der Waals surface area contributed by atoms with Crippen molar-refractivity contribution in [3.8, 4) is 0 Å². The summed E-state index contributed by atoms with van der Waals surface area (Å²) in [7, 11) is 4.23. The molecule has 0 saturated carbocycles. The van der Waals surface area contributed by atoms with Gasteiger partial charge >= 0.3 is 0 Å². The van der Waals surface area contributed by atoms with E-state index in [1.165, 1.54) is 11.3 Å². The van der Waals surface area contributed by atoms with Crippen LogP contribution in [0.3, 0.4) is 0 Å². The Labute approximate surface area is 112 Å². The van der Waals surface area contributed by atoms with E-state index in [4.69, 9.17) is 5.73 Å².